The molecule has 8 heteroatoms. The van der Waals surface area contributed by atoms with Gasteiger partial charge in [-0.3, -0.25) is 14.5 Å². The van der Waals surface area contributed by atoms with Crippen LogP contribution in [0.25, 0.3) is 6.08 Å². The van der Waals surface area contributed by atoms with Crippen molar-refractivity contribution in [1.82, 2.24) is 0 Å². The molecule has 0 atom stereocenters. The van der Waals surface area contributed by atoms with Gasteiger partial charge in [0.25, 0.3) is 11.8 Å². The zero-order valence-electron chi connectivity index (χ0n) is 19.2. The van der Waals surface area contributed by atoms with Crippen molar-refractivity contribution in [2.75, 3.05) is 16.8 Å². The van der Waals surface area contributed by atoms with E-state index < -0.39 is 0 Å². The van der Waals surface area contributed by atoms with Crippen molar-refractivity contribution >= 4 is 73.5 Å². The summed E-state index contributed by atoms with van der Waals surface area (Å²) in [5.74, 6) is 0.493. The second-order valence-electron chi connectivity index (χ2n) is 8.14. The third kappa shape index (κ3) is 6.20. The van der Waals surface area contributed by atoms with Crippen LogP contribution in [0.15, 0.2) is 82.2 Å². The lowest BCUT2D eigenvalue weighted by molar-refractivity contribution is -0.118. The van der Waals surface area contributed by atoms with Gasteiger partial charge in [0, 0.05) is 10.2 Å². The lowest BCUT2D eigenvalue weighted by Crippen LogP contribution is -2.27. The average molecular weight is 568 g/mol. The Hall–Kier alpha value is -2.94. The lowest BCUT2D eigenvalue weighted by Gasteiger charge is -2.14. The predicted octanol–water partition coefficient (Wildman–Crippen LogP) is 7.00. The average Bonchev–Trinajstić information content (AvgIpc) is 3.12. The number of ether oxygens (including phenoxy) is 1. The van der Waals surface area contributed by atoms with Crippen LogP contribution in [0, 0.1) is 0 Å². The van der Waals surface area contributed by atoms with Crippen LogP contribution in [0.3, 0.4) is 0 Å². The minimum Gasteiger partial charge on any atom is -0.484 e. The molecule has 0 radical (unpaired) electrons. The summed E-state index contributed by atoms with van der Waals surface area (Å²) in [5, 5.41) is 2.92. The number of anilines is 2. The molecule has 0 unspecified atom stereocenters. The summed E-state index contributed by atoms with van der Waals surface area (Å²) in [4.78, 5) is 27.4. The first kappa shape index (κ1) is 25.2. The van der Waals surface area contributed by atoms with Crippen molar-refractivity contribution in [3.63, 3.8) is 0 Å². The first-order chi connectivity index (χ1) is 16.8. The molecule has 1 aliphatic rings. The number of halogens is 1. The third-order valence-corrected chi connectivity index (χ3v) is 7.11. The third-order valence-electron chi connectivity index (χ3n) is 5.28. The minimum atomic E-state index is -0.223. The number of amides is 2. The van der Waals surface area contributed by atoms with Gasteiger partial charge in [-0.2, -0.15) is 0 Å². The Bertz CT molecular complexity index is 1290. The van der Waals surface area contributed by atoms with Gasteiger partial charge < -0.3 is 10.1 Å². The molecule has 1 N–H and O–H groups in total. The van der Waals surface area contributed by atoms with Gasteiger partial charge in [0.15, 0.2) is 10.9 Å². The molecule has 1 aliphatic heterocycles. The lowest BCUT2D eigenvalue weighted by atomic mass is 10.0. The van der Waals surface area contributed by atoms with Gasteiger partial charge in [0.2, 0.25) is 0 Å². The molecule has 5 nitrogen and oxygen atoms in total. The molecule has 4 rings (SSSR count). The first-order valence-electron chi connectivity index (χ1n) is 11.0. The van der Waals surface area contributed by atoms with E-state index >= 15 is 0 Å². The van der Waals surface area contributed by atoms with Crippen molar-refractivity contribution in [3.8, 4) is 5.75 Å². The van der Waals surface area contributed by atoms with Gasteiger partial charge in [0.1, 0.15) is 5.75 Å². The molecule has 0 spiro atoms. The summed E-state index contributed by atoms with van der Waals surface area (Å²) in [5.41, 5.74) is 3.45. The topological polar surface area (TPSA) is 58.6 Å². The fourth-order valence-corrected chi connectivity index (χ4v) is 5.10. The summed E-state index contributed by atoms with van der Waals surface area (Å²) in [6, 6.07) is 22.4. The van der Waals surface area contributed by atoms with Crippen LogP contribution in [0.4, 0.5) is 11.4 Å². The van der Waals surface area contributed by atoms with Gasteiger partial charge in [-0.1, -0.05) is 84.1 Å². The highest BCUT2D eigenvalue weighted by atomic mass is 79.9. The second kappa shape index (κ2) is 11.2. The standard InChI is InChI=1S/C27H23BrN2O3S2/c1-17(2)22-5-3-4-6-23(22)29-25(31)16-33-21-13-7-18(8-14-21)15-24-26(32)30(27(34)35-24)20-11-9-19(28)10-12-20/h3-15,17H,16H2,1-2H3,(H,29,31)/b24-15+. The summed E-state index contributed by atoms with van der Waals surface area (Å²) in [6.07, 6.45) is 1.80. The van der Waals surface area contributed by atoms with Crippen molar-refractivity contribution in [2.45, 2.75) is 19.8 Å². The summed E-state index contributed by atoms with van der Waals surface area (Å²) in [6.45, 7) is 4.07. The molecular formula is C27H23BrN2O3S2. The Kier molecular flexibility index (Phi) is 8.05. The van der Waals surface area contributed by atoms with Crippen LogP contribution in [0.5, 0.6) is 5.75 Å². The number of thiocarbonyl (C=S) groups is 1. The monoisotopic (exact) mass is 566 g/mol. The SMILES string of the molecule is CC(C)c1ccccc1NC(=O)COc1ccc(/C=C2/SC(=S)N(c3ccc(Br)cc3)C2=O)cc1. The normalized spacial score (nSPS) is 14.6. The van der Waals surface area contributed by atoms with Gasteiger partial charge in [-0.05, 0) is 65.6 Å². The number of carbonyl (C=O) groups is 2. The number of carbonyl (C=O) groups excluding carboxylic acids is 2. The summed E-state index contributed by atoms with van der Waals surface area (Å²) >= 11 is 10.1. The van der Waals surface area contributed by atoms with E-state index in [1.807, 2.05) is 60.7 Å². The molecule has 0 aromatic heterocycles. The van der Waals surface area contributed by atoms with Crippen LogP contribution >= 0.6 is 39.9 Å². The van der Waals surface area contributed by atoms with Crippen molar-refractivity contribution in [3.05, 3.63) is 93.3 Å². The van der Waals surface area contributed by atoms with E-state index in [0.29, 0.717) is 20.9 Å². The van der Waals surface area contributed by atoms with E-state index in [4.69, 9.17) is 17.0 Å². The number of hydrogen-bond donors (Lipinski definition) is 1. The molecular weight excluding hydrogens is 544 g/mol. The maximum absolute atomic E-state index is 12.9. The molecule has 1 saturated heterocycles. The Balaban J connectivity index is 1.37. The van der Waals surface area contributed by atoms with Crippen LogP contribution in [-0.2, 0) is 9.59 Å². The zero-order valence-corrected chi connectivity index (χ0v) is 22.4. The van der Waals surface area contributed by atoms with Crippen molar-refractivity contribution in [1.29, 1.82) is 0 Å². The number of benzene rings is 3. The highest BCUT2D eigenvalue weighted by Gasteiger charge is 2.33. The first-order valence-corrected chi connectivity index (χ1v) is 13.0. The highest BCUT2D eigenvalue weighted by Crippen LogP contribution is 2.36. The van der Waals surface area contributed by atoms with E-state index in [9.17, 15) is 9.59 Å². The van der Waals surface area contributed by atoms with Gasteiger partial charge >= 0.3 is 0 Å². The molecule has 35 heavy (non-hydrogen) atoms. The molecule has 2 amide bonds. The van der Waals surface area contributed by atoms with E-state index in [0.717, 1.165) is 27.0 Å². The Labute approximate surface area is 222 Å². The van der Waals surface area contributed by atoms with E-state index in [1.165, 1.54) is 16.7 Å². The highest BCUT2D eigenvalue weighted by molar-refractivity contribution is 9.10. The maximum Gasteiger partial charge on any atom is 0.270 e. The smallest absolute Gasteiger partial charge is 0.270 e. The summed E-state index contributed by atoms with van der Waals surface area (Å²) < 4.78 is 7.08. The van der Waals surface area contributed by atoms with Crippen molar-refractivity contribution < 1.29 is 14.3 Å². The molecule has 0 saturated carbocycles. The number of rotatable bonds is 7. The van der Waals surface area contributed by atoms with Crippen molar-refractivity contribution in [2.24, 2.45) is 0 Å². The molecule has 3 aromatic carbocycles. The van der Waals surface area contributed by atoms with E-state index in [-0.39, 0.29) is 18.4 Å². The molecule has 3 aromatic rings. The Morgan fingerprint density at radius 3 is 2.46 bits per heavy atom. The Morgan fingerprint density at radius 1 is 1.09 bits per heavy atom. The van der Waals surface area contributed by atoms with E-state index in [1.54, 1.807) is 18.2 Å². The van der Waals surface area contributed by atoms with Crippen LogP contribution in [0.1, 0.15) is 30.9 Å². The van der Waals surface area contributed by atoms with Crippen LogP contribution in [-0.4, -0.2) is 22.7 Å². The predicted molar refractivity (Wildman–Crippen MR) is 151 cm³/mol. The second-order valence-corrected chi connectivity index (χ2v) is 10.7. The molecule has 1 fully saturated rings. The van der Waals surface area contributed by atoms with Crippen LogP contribution in [0.2, 0.25) is 0 Å². The minimum absolute atomic E-state index is 0.0996. The zero-order chi connectivity index (χ0) is 24.9. The number of para-hydroxylation sites is 1. The number of hydrogen-bond acceptors (Lipinski definition) is 5. The Morgan fingerprint density at radius 2 is 1.77 bits per heavy atom. The van der Waals surface area contributed by atoms with Gasteiger partial charge in [0.05, 0.1) is 10.6 Å². The quantitative estimate of drug-likeness (QED) is 0.246. The molecule has 0 bridgehead atoms. The number of nitrogens with zero attached hydrogens (tertiary/aromatic N) is 1. The molecule has 178 valence electrons. The number of thioether (sulfide) groups is 1. The fraction of sp³-hybridized carbons (Fsp3) is 0.148. The fourth-order valence-electron chi connectivity index (χ4n) is 3.54. The number of nitrogens with one attached hydrogen (secondary N) is 1. The van der Waals surface area contributed by atoms with Gasteiger partial charge in [-0.25, -0.2) is 0 Å². The molecule has 1 heterocycles. The van der Waals surface area contributed by atoms with E-state index in [2.05, 4.69) is 35.1 Å². The molecule has 0 aliphatic carbocycles. The van der Waals surface area contributed by atoms with Gasteiger partial charge in [-0.15, -0.1) is 0 Å². The summed E-state index contributed by atoms with van der Waals surface area (Å²) in [7, 11) is 0. The van der Waals surface area contributed by atoms with Crippen LogP contribution < -0.4 is 15.0 Å². The maximum atomic E-state index is 12.9. The largest absolute Gasteiger partial charge is 0.484 e.